The van der Waals surface area contributed by atoms with Crippen LogP contribution in [-0.2, 0) is 0 Å². The van der Waals surface area contributed by atoms with Gasteiger partial charge in [0.15, 0.2) is 0 Å². The van der Waals surface area contributed by atoms with E-state index in [9.17, 15) is 10.1 Å². The number of nitrogens with zero attached hydrogens (tertiary/aromatic N) is 7. The molecule has 0 bridgehead atoms. The van der Waals surface area contributed by atoms with Gasteiger partial charge in [-0.15, -0.1) is 0 Å². The molecule has 142 valence electrons. The Morgan fingerprint density at radius 3 is 2.34 bits per heavy atom. The largest absolute Gasteiger partial charge is 0.354 e. The van der Waals surface area contributed by atoms with Gasteiger partial charge in [-0.1, -0.05) is 18.2 Å². The molecule has 0 spiro atoms. The molecule has 0 radical (unpaired) electrons. The number of benzene rings is 2. The Hall–Kier alpha value is -4.47. The van der Waals surface area contributed by atoms with E-state index in [0.717, 1.165) is 5.69 Å². The lowest BCUT2D eigenvalue weighted by Gasteiger charge is -2.09. The molecule has 1 N–H and O–H groups in total. The maximum Gasteiger partial charge on any atom is 0.354 e. The lowest BCUT2D eigenvalue weighted by Crippen LogP contribution is -2.06. The van der Waals surface area contributed by atoms with Crippen LogP contribution in [0, 0.1) is 10.1 Å². The average Bonchev–Trinajstić information content (AvgIpc) is 3.28. The third kappa shape index (κ3) is 4.11. The molecular weight excluding hydrogens is 372 g/mol. The first-order chi connectivity index (χ1) is 14.2. The Morgan fingerprint density at radius 2 is 1.69 bits per heavy atom. The van der Waals surface area contributed by atoms with E-state index in [4.69, 9.17) is 0 Å². The van der Waals surface area contributed by atoms with Crippen LogP contribution in [0.5, 0.6) is 0 Å². The number of imidazole rings is 1. The number of hydrogen-bond acceptors (Lipinski definition) is 8. The summed E-state index contributed by atoms with van der Waals surface area (Å²) in [5, 5.41) is 22.9. The van der Waals surface area contributed by atoms with Crippen molar-refractivity contribution in [1.82, 2.24) is 19.5 Å². The minimum Gasteiger partial charge on any atom is -0.334 e. The van der Waals surface area contributed by atoms with Crippen LogP contribution in [-0.4, -0.2) is 24.4 Å². The maximum atomic E-state index is 11.6. The van der Waals surface area contributed by atoms with E-state index in [0.29, 0.717) is 11.4 Å². The highest BCUT2D eigenvalue weighted by atomic mass is 16.6. The predicted octanol–water partition coefficient (Wildman–Crippen LogP) is 4.73. The monoisotopic (exact) mass is 386 g/mol. The third-order valence-electron chi connectivity index (χ3n) is 3.90. The Kier molecular flexibility index (Phi) is 4.97. The Balaban J connectivity index is 1.57. The smallest absolute Gasteiger partial charge is 0.334 e. The molecule has 4 aromatic rings. The number of nitro groups is 1. The van der Waals surface area contributed by atoms with Gasteiger partial charge in [0.2, 0.25) is 11.6 Å². The summed E-state index contributed by atoms with van der Waals surface area (Å²) in [7, 11) is 0. The molecule has 2 heterocycles. The van der Waals surface area contributed by atoms with Crippen molar-refractivity contribution < 1.29 is 4.92 Å². The fraction of sp³-hybridized carbons (Fsp3) is 0. The number of aromatic nitrogens is 4. The van der Waals surface area contributed by atoms with Crippen LogP contribution in [0.3, 0.4) is 0 Å². The zero-order valence-electron chi connectivity index (χ0n) is 15.0. The SMILES string of the molecule is O=[N+]([O-])c1c(Nc2ccc(N=Nc3ccccc3)cc2)ncnc1-n1ccnc1. The summed E-state index contributed by atoms with van der Waals surface area (Å²) in [4.78, 5) is 23.0. The predicted molar refractivity (Wildman–Crippen MR) is 106 cm³/mol. The number of anilines is 2. The van der Waals surface area contributed by atoms with Crippen LogP contribution < -0.4 is 5.32 Å². The number of azo groups is 1. The summed E-state index contributed by atoms with van der Waals surface area (Å²) in [5.74, 6) is 0.200. The molecule has 2 aromatic carbocycles. The second-order valence-electron chi connectivity index (χ2n) is 5.83. The molecule has 0 atom stereocenters. The van der Waals surface area contributed by atoms with Crippen molar-refractivity contribution in [2.24, 2.45) is 10.2 Å². The van der Waals surface area contributed by atoms with Gasteiger partial charge in [0.25, 0.3) is 0 Å². The van der Waals surface area contributed by atoms with Gasteiger partial charge in [-0.2, -0.15) is 10.2 Å². The van der Waals surface area contributed by atoms with Gasteiger partial charge in [0, 0.05) is 18.1 Å². The molecule has 0 fully saturated rings. The van der Waals surface area contributed by atoms with Crippen LogP contribution in [0.4, 0.5) is 28.6 Å². The molecule has 29 heavy (non-hydrogen) atoms. The van der Waals surface area contributed by atoms with Crippen molar-refractivity contribution in [3.8, 4) is 5.82 Å². The number of hydrogen-bond donors (Lipinski definition) is 1. The van der Waals surface area contributed by atoms with E-state index in [1.165, 1.54) is 23.4 Å². The molecule has 0 aliphatic heterocycles. The van der Waals surface area contributed by atoms with Gasteiger partial charge >= 0.3 is 5.69 Å². The normalized spacial score (nSPS) is 10.9. The van der Waals surface area contributed by atoms with Crippen molar-refractivity contribution in [2.75, 3.05) is 5.32 Å². The van der Waals surface area contributed by atoms with E-state index < -0.39 is 4.92 Å². The number of rotatable bonds is 6. The van der Waals surface area contributed by atoms with Crippen molar-refractivity contribution in [3.63, 3.8) is 0 Å². The first-order valence-corrected chi connectivity index (χ1v) is 8.52. The molecule has 10 heteroatoms. The summed E-state index contributed by atoms with van der Waals surface area (Å²) in [6.07, 6.45) is 5.78. The molecule has 0 unspecified atom stereocenters. The van der Waals surface area contributed by atoms with Crippen molar-refractivity contribution in [1.29, 1.82) is 0 Å². The second kappa shape index (κ2) is 8.05. The molecule has 2 aromatic heterocycles. The molecule has 10 nitrogen and oxygen atoms in total. The molecule has 0 saturated carbocycles. The van der Waals surface area contributed by atoms with Crippen molar-refractivity contribution in [3.05, 3.63) is 89.8 Å². The van der Waals surface area contributed by atoms with Crippen LogP contribution in [0.2, 0.25) is 0 Å². The summed E-state index contributed by atoms with van der Waals surface area (Å²) in [6.45, 7) is 0. The van der Waals surface area contributed by atoms with E-state index in [1.54, 1.807) is 30.5 Å². The van der Waals surface area contributed by atoms with Gasteiger partial charge in [-0.25, -0.2) is 15.0 Å². The quantitative estimate of drug-likeness (QED) is 0.290. The zero-order valence-corrected chi connectivity index (χ0v) is 15.0. The zero-order chi connectivity index (χ0) is 20.1. The highest BCUT2D eigenvalue weighted by Gasteiger charge is 2.24. The topological polar surface area (TPSA) is 123 Å². The minimum atomic E-state index is -0.528. The maximum absolute atomic E-state index is 11.6. The molecule has 0 aliphatic carbocycles. The molecular formula is C19H14N8O2. The molecule has 4 rings (SSSR count). The summed E-state index contributed by atoms with van der Waals surface area (Å²) < 4.78 is 1.46. The second-order valence-corrected chi connectivity index (χ2v) is 5.83. The first kappa shape index (κ1) is 17.9. The van der Waals surface area contributed by atoms with Gasteiger partial charge in [-0.3, -0.25) is 14.7 Å². The van der Waals surface area contributed by atoms with Crippen LogP contribution in [0.25, 0.3) is 5.82 Å². The van der Waals surface area contributed by atoms with E-state index in [-0.39, 0.29) is 17.3 Å². The van der Waals surface area contributed by atoms with Crippen LogP contribution in [0.15, 0.2) is 89.9 Å². The summed E-state index contributed by atoms with van der Waals surface area (Å²) in [5.41, 5.74) is 1.76. The third-order valence-corrected chi connectivity index (χ3v) is 3.90. The molecule has 0 aliphatic rings. The van der Waals surface area contributed by atoms with E-state index >= 15 is 0 Å². The summed E-state index contributed by atoms with van der Waals surface area (Å²) in [6, 6.07) is 16.4. The fourth-order valence-corrected chi connectivity index (χ4v) is 2.56. The van der Waals surface area contributed by atoms with Crippen LogP contribution in [0.1, 0.15) is 0 Å². The van der Waals surface area contributed by atoms with E-state index in [2.05, 4.69) is 30.5 Å². The van der Waals surface area contributed by atoms with Gasteiger partial charge < -0.3 is 5.32 Å². The van der Waals surface area contributed by atoms with Gasteiger partial charge in [-0.05, 0) is 36.4 Å². The van der Waals surface area contributed by atoms with Crippen molar-refractivity contribution in [2.45, 2.75) is 0 Å². The van der Waals surface area contributed by atoms with Gasteiger partial charge in [0.05, 0.1) is 16.3 Å². The molecule has 0 amide bonds. The lowest BCUT2D eigenvalue weighted by molar-refractivity contribution is -0.384. The highest BCUT2D eigenvalue weighted by molar-refractivity contribution is 5.70. The molecule has 0 saturated heterocycles. The summed E-state index contributed by atoms with van der Waals surface area (Å²) >= 11 is 0. The van der Waals surface area contributed by atoms with Gasteiger partial charge in [0.1, 0.15) is 12.7 Å². The highest BCUT2D eigenvalue weighted by Crippen LogP contribution is 2.30. The lowest BCUT2D eigenvalue weighted by atomic mass is 10.3. The standard InChI is InChI=1S/C19H14N8O2/c28-27(29)17-18(21-12-22-19(17)26-11-10-20-13-26)23-14-6-8-16(9-7-14)25-24-15-4-2-1-3-5-15/h1-13H,(H,21,22,23). The van der Waals surface area contributed by atoms with Crippen LogP contribution >= 0.6 is 0 Å². The fourth-order valence-electron chi connectivity index (χ4n) is 2.56. The Labute approximate surface area is 164 Å². The minimum absolute atomic E-state index is 0.0763. The Bertz CT molecular complexity index is 1140. The first-order valence-electron chi connectivity index (χ1n) is 8.52. The number of nitrogens with one attached hydrogen (secondary N) is 1. The van der Waals surface area contributed by atoms with Crippen molar-refractivity contribution >= 4 is 28.6 Å². The Morgan fingerprint density at radius 1 is 0.966 bits per heavy atom. The average molecular weight is 386 g/mol. The van der Waals surface area contributed by atoms with E-state index in [1.807, 2.05) is 30.3 Å².